The molecule has 0 saturated carbocycles. The van der Waals surface area contributed by atoms with Gasteiger partial charge in [0.25, 0.3) is 0 Å². The molecule has 0 aliphatic rings. The normalized spacial score (nSPS) is 18.5. The van der Waals surface area contributed by atoms with Crippen molar-refractivity contribution in [3.05, 3.63) is 69.7 Å². The first kappa shape index (κ1) is 11.8. The van der Waals surface area contributed by atoms with Crippen LogP contribution in [-0.4, -0.2) is 0 Å². The van der Waals surface area contributed by atoms with Crippen LogP contribution in [0.25, 0.3) is 38.0 Å². The molecule has 4 aromatic rings. The van der Waals surface area contributed by atoms with Gasteiger partial charge in [-0.15, -0.1) is 0 Å². The van der Waals surface area contributed by atoms with E-state index in [9.17, 15) is 1.37 Å². The van der Waals surface area contributed by atoms with Crippen LogP contribution in [0.1, 0.15) is 58.6 Å². The minimum absolute atomic E-state index is 0.239. The molecule has 0 bridgehead atoms. The number of nitrogens with zero attached hydrogens (tertiary/aromatic N) is 2. The van der Waals surface area contributed by atoms with E-state index in [1.165, 1.54) is 0 Å². The molecular formula is C26H27N2O+. The second kappa shape index (κ2) is 6.74. The van der Waals surface area contributed by atoms with E-state index < -0.39 is 19.6 Å². The van der Waals surface area contributed by atoms with Crippen molar-refractivity contribution >= 4 is 27.6 Å². The van der Waals surface area contributed by atoms with Crippen LogP contribution in [0.15, 0.2) is 34.7 Å². The third-order valence-electron chi connectivity index (χ3n) is 5.55. The Morgan fingerprint density at radius 1 is 1.24 bits per heavy atom. The van der Waals surface area contributed by atoms with Crippen molar-refractivity contribution in [3.63, 3.8) is 0 Å². The van der Waals surface area contributed by atoms with Gasteiger partial charge in [0, 0.05) is 38.9 Å². The summed E-state index contributed by atoms with van der Waals surface area (Å²) < 4.78 is 74.3. The number of pyridine rings is 1. The molecule has 2 aromatic carbocycles. The average Bonchev–Trinajstić information content (AvgIpc) is 3.15. The van der Waals surface area contributed by atoms with Gasteiger partial charge in [0.1, 0.15) is 18.2 Å². The molecule has 0 N–H and O–H groups in total. The Balaban J connectivity index is 2.26. The number of fused-ring (bicyclic) bond motifs is 3. The van der Waals surface area contributed by atoms with E-state index in [1.54, 1.807) is 36.7 Å². The van der Waals surface area contributed by atoms with Gasteiger partial charge in [-0.2, -0.15) is 4.57 Å². The van der Waals surface area contributed by atoms with Gasteiger partial charge in [-0.25, -0.2) is 4.85 Å². The van der Waals surface area contributed by atoms with Crippen molar-refractivity contribution in [2.24, 2.45) is 7.05 Å². The number of benzene rings is 2. The number of aryl methyl sites for hydroxylation is 2. The molecule has 3 heteroatoms. The van der Waals surface area contributed by atoms with Crippen molar-refractivity contribution in [2.45, 2.75) is 47.3 Å². The Labute approximate surface area is 183 Å². The molecule has 0 aliphatic heterocycles. The quantitative estimate of drug-likeness (QED) is 0.267. The Kier molecular flexibility index (Phi) is 2.74. The predicted molar refractivity (Wildman–Crippen MR) is 120 cm³/mol. The van der Waals surface area contributed by atoms with Crippen LogP contribution in [0.2, 0.25) is 0 Å². The van der Waals surface area contributed by atoms with Crippen molar-refractivity contribution in [1.82, 2.24) is 0 Å². The molecule has 146 valence electrons. The van der Waals surface area contributed by atoms with Gasteiger partial charge in [0.15, 0.2) is 11.4 Å². The highest BCUT2D eigenvalue weighted by Crippen LogP contribution is 2.41. The van der Waals surface area contributed by atoms with Crippen LogP contribution in [-0.2, 0) is 7.05 Å². The van der Waals surface area contributed by atoms with E-state index in [1.807, 2.05) is 19.9 Å². The molecule has 0 spiro atoms. The molecule has 3 nitrogen and oxygen atoms in total. The Bertz CT molecular complexity index is 1640. The third kappa shape index (κ3) is 2.83. The number of aromatic nitrogens is 1. The molecule has 0 amide bonds. The molecule has 1 atom stereocenters. The van der Waals surface area contributed by atoms with E-state index in [0.717, 1.165) is 28.8 Å². The summed E-state index contributed by atoms with van der Waals surface area (Å²) in [5.41, 5.74) is 3.45. The average molecular weight is 392 g/mol. The van der Waals surface area contributed by atoms with Crippen LogP contribution < -0.4 is 4.57 Å². The molecule has 0 fully saturated rings. The van der Waals surface area contributed by atoms with E-state index >= 15 is 0 Å². The smallest absolute Gasteiger partial charge is 0.216 e. The van der Waals surface area contributed by atoms with Gasteiger partial charge in [-0.3, -0.25) is 0 Å². The lowest BCUT2D eigenvalue weighted by Crippen LogP contribution is -2.36. The summed E-state index contributed by atoms with van der Waals surface area (Å²) in [4.78, 5) is 3.52. The highest BCUT2D eigenvalue weighted by Gasteiger charge is 2.26. The maximum atomic E-state index is 9.18. The molecule has 0 radical (unpaired) electrons. The lowest BCUT2D eigenvalue weighted by Gasteiger charge is -2.15. The lowest BCUT2D eigenvalue weighted by atomic mass is 9.92. The Morgan fingerprint density at radius 2 is 2.03 bits per heavy atom. The summed E-state index contributed by atoms with van der Waals surface area (Å²) in [7, 11) is 1.63. The monoisotopic (exact) mass is 391 g/mol. The van der Waals surface area contributed by atoms with Crippen molar-refractivity contribution in [3.8, 4) is 11.3 Å². The Hall–Kier alpha value is -3.12. The van der Waals surface area contributed by atoms with Crippen molar-refractivity contribution in [2.75, 3.05) is 0 Å². The highest BCUT2D eigenvalue weighted by molar-refractivity contribution is 6.12. The minimum atomic E-state index is -2.89. The molecule has 2 heterocycles. The van der Waals surface area contributed by atoms with Gasteiger partial charge in [0.2, 0.25) is 5.69 Å². The summed E-state index contributed by atoms with van der Waals surface area (Å²) >= 11 is 0. The first-order chi connectivity index (χ1) is 16.9. The first-order valence-electron chi connectivity index (χ1n) is 13.3. The number of hydrogen-bond donors (Lipinski definition) is 0. The van der Waals surface area contributed by atoms with Gasteiger partial charge in [-0.1, -0.05) is 25.9 Å². The van der Waals surface area contributed by atoms with E-state index in [-0.39, 0.29) is 28.6 Å². The zero-order valence-corrected chi connectivity index (χ0v) is 17.1. The summed E-state index contributed by atoms with van der Waals surface area (Å²) in [6, 6.07) is 6.69. The van der Waals surface area contributed by atoms with Crippen LogP contribution in [0.3, 0.4) is 0 Å². The molecule has 29 heavy (non-hydrogen) atoms. The molecule has 4 rings (SSSR count). The number of rotatable bonds is 2. The maximum Gasteiger partial charge on any atom is 0.216 e. The minimum Gasteiger partial charge on any atom is -0.455 e. The first-order valence-corrected chi connectivity index (χ1v) is 9.32. The molecule has 0 aliphatic carbocycles. The largest absolute Gasteiger partial charge is 0.455 e. The van der Waals surface area contributed by atoms with Crippen LogP contribution >= 0.6 is 0 Å². The maximum absolute atomic E-state index is 9.18. The zero-order valence-electron chi connectivity index (χ0n) is 25.1. The summed E-state index contributed by atoms with van der Waals surface area (Å²) in [5, 5.41) is 1.49. The number of furan rings is 1. The molecular weight excluding hydrogens is 356 g/mol. The fourth-order valence-electron chi connectivity index (χ4n) is 3.96. The van der Waals surface area contributed by atoms with Gasteiger partial charge >= 0.3 is 0 Å². The molecule has 0 saturated heterocycles. The van der Waals surface area contributed by atoms with E-state index in [0.29, 0.717) is 22.4 Å². The molecule has 2 aromatic heterocycles. The van der Waals surface area contributed by atoms with Crippen molar-refractivity contribution in [1.29, 1.82) is 0 Å². The second-order valence-electron chi connectivity index (χ2n) is 7.48. The number of hydrogen-bond acceptors (Lipinski definition) is 1. The molecule has 1 unspecified atom stereocenters. The topological polar surface area (TPSA) is 21.4 Å². The van der Waals surface area contributed by atoms with Gasteiger partial charge < -0.3 is 4.42 Å². The second-order valence-corrected chi connectivity index (χ2v) is 7.48. The summed E-state index contributed by atoms with van der Waals surface area (Å²) in [6.45, 7) is 8.21. The highest BCUT2D eigenvalue weighted by atomic mass is 16.3. The fraction of sp³-hybridized carbons (Fsp3) is 0.308. The lowest BCUT2D eigenvalue weighted by molar-refractivity contribution is -0.667. The SMILES string of the molecule is [2H]c1c(C([2H])(C)C([2H])([2H])[2H])c(C([2H])([2H])[2H])c(C)[n+](C)c1-c1c(C)cc(C)c2c1oc1ccc([N+]#[C-])cc12. The third-order valence-corrected chi connectivity index (χ3v) is 5.55. The predicted octanol–water partition coefficient (Wildman–Crippen LogP) is 6.99. The van der Waals surface area contributed by atoms with Gasteiger partial charge in [0.05, 0.1) is 13.5 Å². The zero-order chi connectivity index (χ0) is 27.8. The standard InChI is InChI=1S/C26H27N2O/c1-14(2)20-13-22(28(8)18(6)17(20)5)25-16(4)11-15(3)24-21-12-19(27-7)9-10-23(21)29-26(24)25/h9-14H,1-6,8H3/q+1/i1D3,5D3,13D,14D. The van der Waals surface area contributed by atoms with E-state index in [2.05, 4.69) is 4.85 Å². The Morgan fingerprint density at radius 3 is 2.72 bits per heavy atom. The van der Waals surface area contributed by atoms with Crippen LogP contribution in [0.4, 0.5) is 5.69 Å². The summed E-state index contributed by atoms with van der Waals surface area (Å²) in [6.07, 6.45) is 0. The van der Waals surface area contributed by atoms with Crippen molar-refractivity contribution < 1.29 is 20.0 Å². The van der Waals surface area contributed by atoms with Crippen LogP contribution in [0.5, 0.6) is 0 Å². The van der Waals surface area contributed by atoms with E-state index in [4.69, 9.17) is 20.6 Å². The van der Waals surface area contributed by atoms with Crippen LogP contribution in [0, 0.1) is 34.2 Å². The van der Waals surface area contributed by atoms with Gasteiger partial charge in [-0.05, 0) is 55.4 Å². The summed E-state index contributed by atoms with van der Waals surface area (Å²) in [5.74, 6) is -2.36. The fourth-order valence-corrected chi connectivity index (χ4v) is 3.96.